The molecule has 0 fully saturated rings. The van der Waals surface area contributed by atoms with Crippen LogP contribution in [-0.4, -0.2) is 10.9 Å². The minimum Gasteiger partial charge on any atom is -0.398 e. The van der Waals surface area contributed by atoms with Crippen LogP contribution in [0.1, 0.15) is 11.1 Å². The van der Waals surface area contributed by atoms with Gasteiger partial charge in [0, 0.05) is 23.0 Å². The van der Waals surface area contributed by atoms with Gasteiger partial charge in [-0.25, -0.2) is 0 Å². The third-order valence-corrected chi connectivity index (χ3v) is 2.89. The number of amides is 1. The predicted octanol–water partition coefficient (Wildman–Crippen LogP) is 2.05. The molecular formula is C14H12ClN3O. The van der Waals surface area contributed by atoms with Gasteiger partial charge in [0.05, 0.1) is 11.3 Å². The molecule has 0 saturated heterocycles. The van der Waals surface area contributed by atoms with Gasteiger partial charge < -0.3 is 11.5 Å². The Morgan fingerprint density at radius 2 is 1.53 bits per heavy atom. The number of rotatable bonds is 3. The lowest BCUT2D eigenvalue weighted by molar-refractivity contribution is -0.112. The van der Waals surface area contributed by atoms with E-state index in [0.29, 0.717) is 21.8 Å². The Kier molecular flexibility index (Phi) is 3.82. The van der Waals surface area contributed by atoms with Crippen molar-refractivity contribution in [2.75, 3.05) is 0 Å². The fourth-order valence-corrected chi connectivity index (χ4v) is 1.85. The second-order valence-electron chi connectivity index (χ2n) is 3.90. The molecule has 96 valence electrons. The van der Waals surface area contributed by atoms with Gasteiger partial charge in [0.1, 0.15) is 0 Å². The zero-order valence-corrected chi connectivity index (χ0v) is 10.8. The van der Waals surface area contributed by atoms with Gasteiger partial charge in [0.2, 0.25) is 0 Å². The van der Waals surface area contributed by atoms with Crippen LogP contribution in [0.5, 0.6) is 0 Å². The van der Waals surface area contributed by atoms with Crippen molar-refractivity contribution in [3.8, 4) is 0 Å². The first kappa shape index (κ1) is 13.1. The molecule has 0 radical (unpaired) electrons. The molecule has 2 aromatic rings. The van der Waals surface area contributed by atoms with Crippen molar-refractivity contribution in [1.29, 1.82) is 0 Å². The number of aromatic nitrogens is 1. The van der Waals surface area contributed by atoms with E-state index in [-0.39, 0.29) is 5.57 Å². The topological polar surface area (TPSA) is 82.0 Å². The average Bonchev–Trinajstić information content (AvgIpc) is 2.42. The molecule has 0 aliphatic rings. The van der Waals surface area contributed by atoms with E-state index in [4.69, 9.17) is 23.1 Å². The number of benzene rings is 1. The van der Waals surface area contributed by atoms with Crippen molar-refractivity contribution in [1.82, 2.24) is 4.98 Å². The zero-order chi connectivity index (χ0) is 13.8. The summed E-state index contributed by atoms with van der Waals surface area (Å²) in [6, 6.07) is 10.2. The van der Waals surface area contributed by atoms with Crippen molar-refractivity contribution in [2.45, 2.75) is 0 Å². The average molecular weight is 274 g/mol. The van der Waals surface area contributed by atoms with Crippen molar-refractivity contribution < 1.29 is 4.79 Å². The van der Waals surface area contributed by atoms with Crippen molar-refractivity contribution in [3.05, 3.63) is 64.9 Å². The number of hydrogen-bond donors (Lipinski definition) is 2. The second-order valence-corrected chi connectivity index (χ2v) is 4.33. The highest BCUT2D eigenvalue weighted by molar-refractivity contribution is 6.31. The number of hydrogen-bond acceptors (Lipinski definition) is 3. The van der Waals surface area contributed by atoms with E-state index in [1.165, 1.54) is 0 Å². The number of carbonyl (C=O) groups excluding carboxylic acids is 1. The molecule has 0 spiro atoms. The summed E-state index contributed by atoms with van der Waals surface area (Å²) in [5, 5.41) is 0.579. The summed E-state index contributed by atoms with van der Waals surface area (Å²) in [7, 11) is 0. The standard InChI is InChI=1S/C14H12ClN3O/c15-11-3-1-9(2-4-11)12(14(17)19)13(16)10-5-7-18-8-6-10/h1-8H,16H2,(H2,17,19)/b13-12-. The van der Waals surface area contributed by atoms with Crippen LogP contribution in [0.15, 0.2) is 48.8 Å². The fourth-order valence-electron chi connectivity index (χ4n) is 1.72. The minimum atomic E-state index is -0.586. The molecule has 2 rings (SSSR count). The predicted molar refractivity (Wildman–Crippen MR) is 75.9 cm³/mol. The molecule has 19 heavy (non-hydrogen) atoms. The second kappa shape index (κ2) is 5.54. The highest BCUT2D eigenvalue weighted by Gasteiger charge is 2.14. The Bertz CT molecular complexity index is 621. The van der Waals surface area contributed by atoms with Gasteiger partial charge in [0.15, 0.2) is 0 Å². The smallest absolute Gasteiger partial charge is 0.251 e. The first-order chi connectivity index (χ1) is 9.09. The van der Waals surface area contributed by atoms with E-state index in [0.717, 1.165) is 0 Å². The molecule has 0 aliphatic carbocycles. The van der Waals surface area contributed by atoms with Crippen LogP contribution in [0, 0.1) is 0 Å². The molecule has 0 bridgehead atoms. The Morgan fingerprint density at radius 1 is 0.947 bits per heavy atom. The van der Waals surface area contributed by atoms with E-state index < -0.39 is 5.91 Å². The summed E-state index contributed by atoms with van der Waals surface area (Å²) in [5.74, 6) is -0.586. The lowest BCUT2D eigenvalue weighted by atomic mass is 10.00. The number of primary amides is 1. The summed E-state index contributed by atoms with van der Waals surface area (Å²) >= 11 is 5.82. The molecule has 1 aromatic carbocycles. The maximum absolute atomic E-state index is 11.6. The molecular weight excluding hydrogens is 262 g/mol. The molecule has 1 aromatic heterocycles. The molecule has 5 heteroatoms. The van der Waals surface area contributed by atoms with Crippen molar-refractivity contribution in [3.63, 3.8) is 0 Å². The Morgan fingerprint density at radius 3 is 2.05 bits per heavy atom. The summed E-state index contributed by atoms with van der Waals surface area (Å²) in [5.41, 5.74) is 13.4. The van der Waals surface area contributed by atoms with Gasteiger partial charge >= 0.3 is 0 Å². The summed E-state index contributed by atoms with van der Waals surface area (Å²) in [6.45, 7) is 0. The number of pyridine rings is 1. The molecule has 1 amide bonds. The van der Waals surface area contributed by atoms with Crippen LogP contribution < -0.4 is 11.5 Å². The maximum Gasteiger partial charge on any atom is 0.251 e. The van der Waals surface area contributed by atoms with Gasteiger partial charge in [-0.15, -0.1) is 0 Å². The molecule has 0 aliphatic heterocycles. The van der Waals surface area contributed by atoms with E-state index in [2.05, 4.69) is 4.98 Å². The molecule has 4 N–H and O–H groups in total. The highest BCUT2D eigenvalue weighted by atomic mass is 35.5. The van der Waals surface area contributed by atoms with Crippen LogP contribution in [0.2, 0.25) is 5.02 Å². The number of nitrogens with zero attached hydrogens (tertiary/aromatic N) is 1. The summed E-state index contributed by atoms with van der Waals surface area (Å²) in [6.07, 6.45) is 3.20. The van der Waals surface area contributed by atoms with E-state index in [1.54, 1.807) is 48.8 Å². The molecule has 1 heterocycles. The quantitative estimate of drug-likeness (QED) is 0.840. The van der Waals surface area contributed by atoms with Gasteiger partial charge in [-0.1, -0.05) is 23.7 Å². The minimum absolute atomic E-state index is 0.267. The molecule has 0 saturated carbocycles. The normalized spacial score (nSPS) is 11.8. The number of nitrogens with two attached hydrogens (primary N) is 2. The molecule has 4 nitrogen and oxygen atoms in total. The first-order valence-electron chi connectivity index (χ1n) is 5.55. The third-order valence-electron chi connectivity index (χ3n) is 2.64. The lowest BCUT2D eigenvalue weighted by Crippen LogP contribution is -2.17. The van der Waals surface area contributed by atoms with E-state index in [9.17, 15) is 4.79 Å². The number of halogens is 1. The Hall–Kier alpha value is -2.33. The SMILES string of the molecule is NC(=O)/C(=C(\N)c1ccncc1)c1ccc(Cl)cc1. The lowest BCUT2D eigenvalue weighted by Gasteiger charge is -2.09. The molecule has 0 unspecified atom stereocenters. The summed E-state index contributed by atoms with van der Waals surface area (Å²) in [4.78, 5) is 15.5. The zero-order valence-electron chi connectivity index (χ0n) is 10.0. The monoisotopic (exact) mass is 273 g/mol. The first-order valence-corrected chi connectivity index (χ1v) is 5.93. The van der Waals surface area contributed by atoms with Gasteiger partial charge in [-0.3, -0.25) is 9.78 Å². The van der Waals surface area contributed by atoms with Crippen molar-refractivity contribution >= 4 is 28.8 Å². The molecule has 0 atom stereocenters. The highest BCUT2D eigenvalue weighted by Crippen LogP contribution is 2.23. The van der Waals surface area contributed by atoms with E-state index >= 15 is 0 Å². The van der Waals surface area contributed by atoms with Crippen LogP contribution in [0.4, 0.5) is 0 Å². The van der Waals surface area contributed by atoms with Gasteiger partial charge in [-0.05, 0) is 29.8 Å². The van der Waals surface area contributed by atoms with E-state index in [1.807, 2.05) is 0 Å². The van der Waals surface area contributed by atoms with Crippen LogP contribution in [0.3, 0.4) is 0 Å². The number of carbonyl (C=O) groups is 1. The Balaban J connectivity index is 2.57. The summed E-state index contributed by atoms with van der Waals surface area (Å²) < 4.78 is 0. The third kappa shape index (κ3) is 2.92. The Labute approximate surface area is 115 Å². The van der Waals surface area contributed by atoms with Crippen molar-refractivity contribution in [2.24, 2.45) is 11.5 Å². The fraction of sp³-hybridized carbons (Fsp3) is 0. The maximum atomic E-state index is 11.6. The van der Waals surface area contributed by atoms with Crippen LogP contribution >= 0.6 is 11.6 Å². The van der Waals surface area contributed by atoms with Crippen LogP contribution in [-0.2, 0) is 4.79 Å². The largest absolute Gasteiger partial charge is 0.398 e. The van der Waals surface area contributed by atoms with Gasteiger partial charge in [0.25, 0.3) is 5.91 Å². The van der Waals surface area contributed by atoms with Gasteiger partial charge in [-0.2, -0.15) is 0 Å². The van der Waals surface area contributed by atoms with Crippen LogP contribution in [0.25, 0.3) is 11.3 Å².